The average Bonchev–Trinajstić information content (AvgIpc) is 2.68. The van der Waals surface area contributed by atoms with Gasteiger partial charge in [0.1, 0.15) is 0 Å². The fourth-order valence-electron chi connectivity index (χ4n) is 2.20. The van der Waals surface area contributed by atoms with Crippen LogP contribution in [0.3, 0.4) is 0 Å². The summed E-state index contributed by atoms with van der Waals surface area (Å²) in [6.45, 7) is 6.05. The van der Waals surface area contributed by atoms with Crippen molar-refractivity contribution >= 4 is 5.91 Å². The van der Waals surface area contributed by atoms with Gasteiger partial charge < -0.3 is 11.1 Å². The number of carbonyl (C=O) groups is 1. The molecular weight excluding hydrogens is 188 g/mol. The zero-order chi connectivity index (χ0) is 11.4. The van der Waals surface area contributed by atoms with Gasteiger partial charge in [-0.3, -0.25) is 4.79 Å². The molecule has 3 heteroatoms. The molecule has 3 N–H and O–H groups in total. The van der Waals surface area contributed by atoms with Crippen LogP contribution in [0, 0.1) is 11.8 Å². The first-order valence-corrected chi connectivity index (χ1v) is 6.08. The molecule has 1 amide bonds. The number of amides is 1. The maximum Gasteiger partial charge on any atom is 0.237 e. The Morgan fingerprint density at radius 2 is 1.80 bits per heavy atom. The summed E-state index contributed by atoms with van der Waals surface area (Å²) in [6.07, 6.45) is 5.11. The monoisotopic (exact) mass is 212 g/mol. The molecule has 0 radical (unpaired) electrons. The third kappa shape index (κ3) is 3.49. The van der Waals surface area contributed by atoms with Gasteiger partial charge in [-0.15, -0.1) is 0 Å². The predicted molar refractivity (Wildman–Crippen MR) is 62.4 cm³/mol. The van der Waals surface area contributed by atoms with E-state index in [1.165, 1.54) is 25.7 Å². The standard InChI is InChI=1S/C12H24N2O/c1-8(2)11(13)12(15)14-9(3)10-6-4-5-7-10/h8-11H,4-7,13H2,1-3H3,(H,14,15)/t9-,11?/m1/s1. The van der Waals surface area contributed by atoms with Crippen LogP contribution in [0.25, 0.3) is 0 Å². The molecule has 88 valence electrons. The first-order valence-electron chi connectivity index (χ1n) is 6.08. The largest absolute Gasteiger partial charge is 0.352 e. The normalized spacial score (nSPS) is 21.7. The van der Waals surface area contributed by atoms with Gasteiger partial charge in [-0.2, -0.15) is 0 Å². The molecule has 0 aliphatic heterocycles. The first kappa shape index (κ1) is 12.5. The van der Waals surface area contributed by atoms with Gasteiger partial charge in [0.15, 0.2) is 0 Å². The van der Waals surface area contributed by atoms with E-state index in [2.05, 4.69) is 12.2 Å². The van der Waals surface area contributed by atoms with E-state index in [9.17, 15) is 4.79 Å². The molecule has 1 aliphatic carbocycles. The lowest BCUT2D eigenvalue weighted by Crippen LogP contribution is -2.48. The molecule has 0 aromatic heterocycles. The highest BCUT2D eigenvalue weighted by Crippen LogP contribution is 2.27. The number of rotatable bonds is 4. The topological polar surface area (TPSA) is 55.1 Å². The third-order valence-corrected chi connectivity index (χ3v) is 3.50. The van der Waals surface area contributed by atoms with Crippen molar-refractivity contribution in [3.05, 3.63) is 0 Å². The summed E-state index contributed by atoms with van der Waals surface area (Å²) in [5.74, 6) is 0.874. The second-order valence-corrected chi connectivity index (χ2v) is 5.11. The molecule has 1 unspecified atom stereocenters. The maximum absolute atomic E-state index is 11.7. The molecule has 3 nitrogen and oxygen atoms in total. The van der Waals surface area contributed by atoms with Gasteiger partial charge in [-0.1, -0.05) is 26.7 Å². The quantitative estimate of drug-likeness (QED) is 0.744. The van der Waals surface area contributed by atoms with Gasteiger partial charge >= 0.3 is 0 Å². The molecule has 0 aromatic carbocycles. The van der Waals surface area contributed by atoms with Gasteiger partial charge in [0.05, 0.1) is 6.04 Å². The number of nitrogens with two attached hydrogens (primary N) is 1. The van der Waals surface area contributed by atoms with E-state index in [1.54, 1.807) is 0 Å². The van der Waals surface area contributed by atoms with E-state index >= 15 is 0 Å². The minimum Gasteiger partial charge on any atom is -0.352 e. The second-order valence-electron chi connectivity index (χ2n) is 5.11. The molecule has 1 aliphatic rings. The zero-order valence-corrected chi connectivity index (χ0v) is 10.1. The Hall–Kier alpha value is -0.570. The second kappa shape index (κ2) is 5.50. The number of nitrogens with one attached hydrogen (secondary N) is 1. The molecule has 15 heavy (non-hydrogen) atoms. The van der Waals surface area contributed by atoms with Crippen LogP contribution < -0.4 is 11.1 Å². The molecular formula is C12H24N2O. The van der Waals surface area contributed by atoms with Gasteiger partial charge in [-0.05, 0) is 31.6 Å². The fourth-order valence-corrected chi connectivity index (χ4v) is 2.20. The third-order valence-electron chi connectivity index (χ3n) is 3.50. The lowest BCUT2D eigenvalue weighted by molar-refractivity contribution is -0.124. The molecule has 1 fully saturated rings. The summed E-state index contributed by atoms with van der Waals surface area (Å²) in [7, 11) is 0. The Kier molecular flexibility index (Phi) is 4.58. The van der Waals surface area contributed by atoms with Crippen molar-refractivity contribution in [2.24, 2.45) is 17.6 Å². The van der Waals surface area contributed by atoms with E-state index in [0.717, 1.165) is 0 Å². The molecule has 1 rings (SSSR count). The number of hydrogen-bond donors (Lipinski definition) is 2. The minimum atomic E-state index is -0.367. The zero-order valence-electron chi connectivity index (χ0n) is 10.1. The van der Waals surface area contributed by atoms with Crippen molar-refractivity contribution in [3.63, 3.8) is 0 Å². The van der Waals surface area contributed by atoms with Gasteiger partial charge in [0.25, 0.3) is 0 Å². The fraction of sp³-hybridized carbons (Fsp3) is 0.917. The molecule has 0 heterocycles. The molecule has 0 bridgehead atoms. The van der Waals surface area contributed by atoms with Crippen LogP contribution >= 0.6 is 0 Å². The minimum absolute atomic E-state index is 0.00407. The highest BCUT2D eigenvalue weighted by Gasteiger charge is 2.25. The number of hydrogen-bond acceptors (Lipinski definition) is 2. The molecule has 2 atom stereocenters. The Morgan fingerprint density at radius 3 is 2.27 bits per heavy atom. The Labute approximate surface area is 92.8 Å². The highest BCUT2D eigenvalue weighted by atomic mass is 16.2. The number of carbonyl (C=O) groups excluding carboxylic acids is 1. The lowest BCUT2D eigenvalue weighted by Gasteiger charge is -2.23. The summed E-state index contributed by atoms with van der Waals surface area (Å²) in [5, 5.41) is 3.04. The first-order chi connectivity index (χ1) is 7.02. The van der Waals surface area contributed by atoms with E-state index in [1.807, 2.05) is 13.8 Å². The van der Waals surface area contributed by atoms with E-state index in [-0.39, 0.29) is 23.9 Å². The predicted octanol–water partition coefficient (Wildman–Crippen LogP) is 1.66. The van der Waals surface area contributed by atoms with Crippen molar-refractivity contribution in [3.8, 4) is 0 Å². The molecule has 0 spiro atoms. The lowest BCUT2D eigenvalue weighted by atomic mass is 9.98. The van der Waals surface area contributed by atoms with Crippen molar-refractivity contribution in [2.45, 2.75) is 58.5 Å². The van der Waals surface area contributed by atoms with E-state index in [4.69, 9.17) is 5.73 Å². The SMILES string of the molecule is CC(C)C(N)C(=O)N[C@H](C)C1CCCC1. The maximum atomic E-state index is 11.7. The Bertz CT molecular complexity index is 210. The van der Waals surface area contributed by atoms with E-state index < -0.39 is 0 Å². The molecule has 1 saturated carbocycles. The van der Waals surface area contributed by atoms with E-state index in [0.29, 0.717) is 5.92 Å². The summed E-state index contributed by atoms with van der Waals surface area (Å²) in [6, 6.07) is -0.0846. The van der Waals surface area contributed by atoms with Crippen LogP contribution in [0.4, 0.5) is 0 Å². The Balaban J connectivity index is 2.36. The summed E-state index contributed by atoms with van der Waals surface area (Å²) < 4.78 is 0. The van der Waals surface area contributed by atoms with Gasteiger partial charge in [0, 0.05) is 6.04 Å². The summed E-state index contributed by atoms with van der Waals surface area (Å²) >= 11 is 0. The van der Waals surface area contributed by atoms with Crippen LogP contribution in [-0.2, 0) is 4.79 Å². The van der Waals surface area contributed by atoms with Gasteiger partial charge in [0.2, 0.25) is 5.91 Å². The molecule has 0 saturated heterocycles. The van der Waals surface area contributed by atoms with Crippen LogP contribution in [0.1, 0.15) is 46.5 Å². The molecule has 0 aromatic rings. The van der Waals surface area contributed by atoms with Crippen molar-refractivity contribution < 1.29 is 4.79 Å². The average molecular weight is 212 g/mol. The van der Waals surface area contributed by atoms with Crippen molar-refractivity contribution in [1.29, 1.82) is 0 Å². The van der Waals surface area contributed by atoms with Crippen LogP contribution in [-0.4, -0.2) is 18.0 Å². The summed E-state index contributed by atoms with van der Waals surface area (Å²) in [5.41, 5.74) is 5.79. The van der Waals surface area contributed by atoms with Crippen LogP contribution in [0.5, 0.6) is 0 Å². The highest BCUT2D eigenvalue weighted by molar-refractivity contribution is 5.81. The Morgan fingerprint density at radius 1 is 1.27 bits per heavy atom. The van der Waals surface area contributed by atoms with Crippen molar-refractivity contribution in [2.75, 3.05) is 0 Å². The smallest absolute Gasteiger partial charge is 0.237 e. The van der Waals surface area contributed by atoms with Crippen LogP contribution in [0.2, 0.25) is 0 Å². The summed E-state index contributed by atoms with van der Waals surface area (Å²) in [4.78, 5) is 11.7. The van der Waals surface area contributed by atoms with Crippen LogP contribution in [0.15, 0.2) is 0 Å². The van der Waals surface area contributed by atoms with Gasteiger partial charge in [-0.25, -0.2) is 0 Å². The van der Waals surface area contributed by atoms with Crippen molar-refractivity contribution in [1.82, 2.24) is 5.32 Å².